The molecular weight excluding hydrogens is 346 g/mol. The molecule has 0 saturated heterocycles. The molecular formula is C20H21N3O2S. The van der Waals surface area contributed by atoms with Crippen molar-refractivity contribution in [3.8, 4) is 11.4 Å². The Morgan fingerprint density at radius 1 is 1.12 bits per heavy atom. The fourth-order valence-electron chi connectivity index (χ4n) is 2.64. The first-order valence-corrected chi connectivity index (χ1v) is 9.25. The monoisotopic (exact) mass is 367 g/mol. The summed E-state index contributed by atoms with van der Waals surface area (Å²) in [6, 6.07) is 17.5. The van der Waals surface area contributed by atoms with Crippen molar-refractivity contribution >= 4 is 23.4 Å². The number of nitrogens with zero attached hydrogens (tertiary/aromatic N) is 2. The van der Waals surface area contributed by atoms with Crippen LogP contribution >= 0.6 is 11.8 Å². The molecule has 0 aliphatic rings. The van der Waals surface area contributed by atoms with E-state index in [2.05, 4.69) is 10.4 Å². The number of carbonyl (C=O) groups excluding carboxylic acids is 1. The lowest BCUT2D eigenvalue weighted by molar-refractivity contribution is -0.113. The number of aryl methyl sites for hydroxylation is 1. The third-order valence-electron chi connectivity index (χ3n) is 3.99. The lowest BCUT2D eigenvalue weighted by Crippen LogP contribution is -2.15. The number of thioether (sulfide) groups is 1. The van der Waals surface area contributed by atoms with E-state index in [4.69, 9.17) is 4.74 Å². The smallest absolute Gasteiger partial charge is 0.234 e. The van der Waals surface area contributed by atoms with Crippen LogP contribution in [0.2, 0.25) is 0 Å². The van der Waals surface area contributed by atoms with Gasteiger partial charge in [-0.15, -0.1) is 11.8 Å². The second-order valence-corrected chi connectivity index (χ2v) is 6.85. The summed E-state index contributed by atoms with van der Waals surface area (Å²) in [5.41, 5.74) is 3.46. The highest BCUT2D eigenvalue weighted by molar-refractivity contribution is 8.00. The summed E-state index contributed by atoms with van der Waals surface area (Å²) in [6.07, 6.45) is 0. The zero-order valence-electron chi connectivity index (χ0n) is 15.0. The number of benzene rings is 2. The molecule has 6 heteroatoms. The summed E-state index contributed by atoms with van der Waals surface area (Å²) < 4.78 is 6.99. The molecule has 0 atom stereocenters. The third-order valence-corrected chi connectivity index (χ3v) is 5.00. The molecule has 1 heterocycles. The minimum Gasteiger partial charge on any atom is -0.497 e. The standard InChI is InChI=1S/C20H21N3O2S/c1-14-20(15(2)23(22-14)16-7-5-4-6-8-16)21-19(24)13-26-18-11-9-17(25-3)10-12-18/h4-12H,13H2,1-3H3,(H,21,24). The number of amides is 1. The number of nitrogens with one attached hydrogen (secondary N) is 1. The summed E-state index contributed by atoms with van der Waals surface area (Å²) in [5.74, 6) is 1.09. The van der Waals surface area contributed by atoms with Gasteiger partial charge in [0.15, 0.2) is 0 Å². The largest absolute Gasteiger partial charge is 0.497 e. The van der Waals surface area contributed by atoms with Crippen LogP contribution in [0.3, 0.4) is 0 Å². The Morgan fingerprint density at radius 2 is 1.81 bits per heavy atom. The average Bonchev–Trinajstić information content (AvgIpc) is 2.95. The molecule has 0 radical (unpaired) electrons. The van der Waals surface area contributed by atoms with E-state index in [1.54, 1.807) is 7.11 Å². The maximum absolute atomic E-state index is 12.4. The Hall–Kier alpha value is -2.73. The van der Waals surface area contributed by atoms with Crippen LogP contribution in [-0.2, 0) is 4.79 Å². The van der Waals surface area contributed by atoms with Crippen LogP contribution in [0.15, 0.2) is 59.5 Å². The van der Waals surface area contributed by atoms with Crippen LogP contribution in [0.1, 0.15) is 11.4 Å². The minimum absolute atomic E-state index is 0.0513. The topological polar surface area (TPSA) is 56.1 Å². The molecule has 3 aromatic rings. The molecule has 0 aliphatic carbocycles. The number of rotatable bonds is 6. The molecule has 0 saturated carbocycles. The van der Waals surface area contributed by atoms with Crippen LogP contribution in [-0.4, -0.2) is 28.6 Å². The fraction of sp³-hybridized carbons (Fsp3) is 0.200. The molecule has 1 aromatic heterocycles. The lowest BCUT2D eigenvalue weighted by atomic mass is 10.3. The number of anilines is 1. The van der Waals surface area contributed by atoms with Crippen molar-refractivity contribution in [3.63, 3.8) is 0 Å². The third kappa shape index (κ3) is 4.08. The van der Waals surface area contributed by atoms with Crippen molar-refractivity contribution in [1.82, 2.24) is 9.78 Å². The maximum Gasteiger partial charge on any atom is 0.234 e. The highest BCUT2D eigenvalue weighted by atomic mass is 32.2. The van der Waals surface area contributed by atoms with E-state index in [0.717, 1.165) is 33.4 Å². The average molecular weight is 367 g/mol. The van der Waals surface area contributed by atoms with Crippen molar-refractivity contribution in [2.75, 3.05) is 18.2 Å². The summed E-state index contributed by atoms with van der Waals surface area (Å²) in [6.45, 7) is 3.86. The Morgan fingerprint density at radius 3 is 2.46 bits per heavy atom. The maximum atomic E-state index is 12.4. The minimum atomic E-state index is -0.0513. The molecule has 0 unspecified atom stereocenters. The second kappa shape index (κ2) is 8.10. The summed E-state index contributed by atoms with van der Waals surface area (Å²) >= 11 is 1.49. The van der Waals surface area contributed by atoms with E-state index in [9.17, 15) is 4.79 Å². The first-order chi connectivity index (χ1) is 12.6. The number of hydrogen-bond donors (Lipinski definition) is 1. The first-order valence-electron chi connectivity index (χ1n) is 8.27. The number of hydrogen-bond acceptors (Lipinski definition) is 4. The highest BCUT2D eigenvalue weighted by Crippen LogP contribution is 2.24. The molecule has 1 N–H and O–H groups in total. The van der Waals surface area contributed by atoms with E-state index in [0.29, 0.717) is 5.75 Å². The van der Waals surface area contributed by atoms with Crippen LogP contribution in [0, 0.1) is 13.8 Å². The Balaban J connectivity index is 1.66. The van der Waals surface area contributed by atoms with Gasteiger partial charge in [0.1, 0.15) is 5.75 Å². The van der Waals surface area contributed by atoms with E-state index in [1.165, 1.54) is 11.8 Å². The van der Waals surface area contributed by atoms with Gasteiger partial charge in [0.25, 0.3) is 0 Å². The van der Waals surface area contributed by atoms with Gasteiger partial charge in [-0.25, -0.2) is 4.68 Å². The molecule has 3 rings (SSSR count). The molecule has 0 fully saturated rings. The van der Waals surface area contributed by atoms with Crippen molar-refractivity contribution in [2.45, 2.75) is 18.7 Å². The van der Waals surface area contributed by atoms with Gasteiger partial charge in [-0.3, -0.25) is 4.79 Å². The zero-order valence-corrected chi connectivity index (χ0v) is 15.8. The van der Waals surface area contributed by atoms with Crippen LogP contribution in [0.5, 0.6) is 5.75 Å². The van der Waals surface area contributed by atoms with Gasteiger partial charge in [0, 0.05) is 4.90 Å². The fourth-order valence-corrected chi connectivity index (χ4v) is 3.34. The molecule has 134 valence electrons. The zero-order chi connectivity index (χ0) is 18.5. The number of ether oxygens (including phenoxy) is 1. The SMILES string of the molecule is COc1ccc(SCC(=O)Nc2c(C)nn(-c3ccccc3)c2C)cc1. The Kier molecular flexibility index (Phi) is 5.63. The highest BCUT2D eigenvalue weighted by Gasteiger charge is 2.15. The van der Waals surface area contributed by atoms with Crippen LogP contribution < -0.4 is 10.1 Å². The predicted octanol–water partition coefficient (Wildman–Crippen LogP) is 4.23. The van der Waals surface area contributed by atoms with Gasteiger partial charge in [-0.2, -0.15) is 5.10 Å². The molecule has 26 heavy (non-hydrogen) atoms. The molecule has 0 bridgehead atoms. The van der Waals surface area contributed by atoms with Crippen molar-refractivity contribution in [3.05, 3.63) is 66.0 Å². The number of methoxy groups -OCH3 is 1. The molecule has 1 amide bonds. The molecule has 0 aliphatic heterocycles. The lowest BCUT2D eigenvalue weighted by Gasteiger charge is -2.07. The molecule has 5 nitrogen and oxygen atoms in total. The Bertz CT molecular complexity index is 889. The van der Waals surface area contributed by atoms with Crippen LogP contribution in [0.4, 0.5) is 5.69 Å². The van der Waals surface area contributed by atoms with E-state index in [1.807, 2.05) is 73.1 Å². The number of para-hydroxylation sites is 1. The van der Waals surface area contributed by atoms with Crippen LogP contribution in [0.25, 0.3) is 5.69 Å². The quantitative estimate of drug-likeness (QED) is 0.663. The van der Waals surface area contributed by atoms with Crippen molar-refractivity contribution < 1.29 is 9.53 Å². The van der Waals surface area contributed by atoms with Gasteiger partial charge < -0.3 is 10.1 Å². The van der Waals surface area contributed by atoms with Gasteiger partial charge in [0.05, 0.1) is 35.6 Å². The molecule has 0 spiro atoms. The van der Waals surface area contributed by atoms with E-state index >= 15 is 0 Å². The van der Waals surface area contributed by atoms with E-state index in [-0.39, 0.29) is 5.91 Å². The summed E-state index contributed by atoms with van der Waals surface area (Å²) in [4.78, 5) is 13.4. The van der Waals surface area contributed by atoms with Crippen molar-refractivity contribution in [1.29, 1.82) is 0 Å². The second-order valence-electron chi connectivity index (χ2n) is 5.81. The van der Waals surface area contributed by atoms with Gasteiger partial charge in [0.2, 0.25) is 5.91 Å². The normalized spacial score (nSPS) is 10.6. The number of carbonyl (C=O) groups is 1. The first kappa shape index (κ1) is 18.1. The molecule has 2 aromatic carbocycles. The Labute approximate surface area is 157 Å². The van der Waals surface area contributed by atoms with Crippen molar-refractivity contribution in [2.24, 2.45) is 0 Å². The summed E-state index contributed by atoms with van der Waals surface area (Å²) in [7, 11) is 1.63. The number of aromatic nitrogens is 2. The van der Waals surface area contributed by atoms with Gasteiger partial charge in [-0.1, -0.05) is 18.2 Å². The van der Waals surface area contributed by atoms with Gasteiger partial charge in [-0.05, 0) is 50.2 Å². The van der Waals surface area contributed by atoms with E-state index < -0.39 is 0 Å². The van der Waals surface area contributed by atoms with Gasteiger partial charge >= 0.3 is 0 Å². The predicted molar refractivity (Wildman–Crippen MR) is 105 cm³/mol. The summed E-state index contributed by atoms with van der Waals surface area (Å²) in [5, 5.41) is 7.55.